The van der Waals surface area contributed by atoms with Crippen LogP contribution in [0.3, 0.4) is 0 Å². The summed E-state index contributed by atoms with van der Waals surface area (Å²) in [6.45, 7) is -2.04. The van der Waals surface area contributed by atoms with E-state index < -0.39 is 52.3 Å². The minimum atomic E-state index is -4.78. The van der Waals surface area contributed by atoms with Crippen LogP contribution in [-0.2, 0) is 27.5 Å². The number of benzene rings is 2. The molecule has 2 aromatic heterocycles. The third-order valence-corrected chi connectivity index (χ3v) is 8.09. The van der Waals surface area contributed by atoms with Crippen LogP contribution in [0.2, 0.25) is 0 Å². The smallest absolute Gasteiger partial charge is 0.420 e. The number of nitrogen functional groups attached to an aromatic ring is 1. The third-order valence-electron chi connectivity index (χ3n) is 6.29. The third kappa shape index (κ3) is 6.07. The number of alkyl halides is 5. The number of nitrogens with zero attached hydrogens (tertiary/aromatic N) is 2. The van der Waals surface area contributed by atoms with Crippen molar-refractivity contribution in [2.45, 2.75) is 23.5 Å². The van der Waals surface area contributed by atoms with Crippen molar-refractivity contribution in [1.29, 1.82) is 0 Å². The zero-order valence-electron chi connectivity index (χ0n) is 21.0. The Kier molecular flexibility index (Phi) is 7.07. The number of fused-ring (bicyclic) bond motifs is 1. The minimum absolute atomic E-state index is 0.0753. The summed E-state index contributed by atoms with van der Waals surface area (Å²) >= 11 is 0. The summed E-state index contributed by atoms with van der Waals surface area (Å²) in [5.41, 5.74) is 5.04. The molecular formula is C27H21F5N4O4S. The molecule has 1 aliphatic heterocycles. The van der Waals surface area contributed by atoms with Crippen molar-refractivity contribution in [3.05, 3.63) is 83.8 Å². The number of furan rings is 1. The van der Waals surface area contributed by atoms with Crippen LogP contribution in [0, 0.1) is 0 Å². The van der Waals surface area contributed by atoms with E-state index in [2.05, 4.69) is 10.3 Å². The maximum absolute atomic E-state index is 13.9. The van der Waals surface area contributed by atoms with Crippen molar-refractivity contribution < 1.29 is 39.6 Å². The number of sulfonamides is 1. The summed E-state index contributed by atoms with van der Waals surface area (Å²) in [5, 5.41) is 2.65. The second kappa shape index (κ2) is 10.3. The quantitative estimate of drug-likeness (QED) is 0.229. The number of anilines is 1. The van der Waals surface area contributed by atoms with Crippen LogP contribution in [0.25, 0.3) is 28.2 Å². The number of carbonyl (C=O) groups excluding carboxylic acids is 1. The van der Waals surface area contributed by atoms with E-state index in [4.69, 9.17) is 10.2 Å². The predicted octanol–water partition coefficient (Wildman–Crippen LogP) is 5.07. The molecule has 8 nitrogen and oxygen atoms in total. The van der Waals surface area contributed by atoms with E-state index in [-0.39, 0.29) is 33.7 Å². The SMILES string of the molecule is Nc1ccc(C=CC(=O)NCc2cc3cc(-c4ccc(S(=O)(=O)N5CC(F)(F)C5)cc4)cc(C(F)(F)F)c3o2)cn1. The highest BCUT2D eigenvalue weighted by molar-refractivity contribution is 7.89. The fourth-order valence-corrected chi connectivity index (χ4v) is 5.70. The number of carbonyl (C=O) groups is 1. The van der Waals surface area contributed by atoms with Crippen molar-refractivity contribution in [2.75, 3.05) is 18.8 Å². The highest BCUT2D eigenvalue weighted by Gasteiger charge is 2.49. The van der Waals surface area contributed by atoms with Crippen LogP contribution in [0.4, 0.5) is 27.8 Å². The molecule has 2 aromatic carbocycles. The Morgan fingerprint density at radius 2 is 1.78 bits per heavy atom. The Balaban J connectivity index is 1.36. The topological polar surface area (TPSA) is 119 Å². The maximum atomic E-state index is 13.9. The maximum Gasteiger partial charge on any atom is 0.420 e. The number of pyridine rings is 1. The summed E-state index contributed by atoms with van der Waals surface area (Å²) in [4.78, 5) is 15.8. The molecule has 41 heavy (non-hydrogen) atoms. The second-order valence-electron chi connectivity index (χ2n) is 9.37. The zero-order valence-corrected chi connectivity index (χ0v) is 21.8. The van der Waals surface area contributed by atoms with E-state index in [9.17, 15) is 35.2 Å². The molecule has 0 saturated carbocycles. The van der Waals surface area contributed by atoms with E-state index in [0.717, 1.165) is 18.2 Å². The molecule has 0 radical (unpaired) electrons. The average molecular weight is 593 g/mol. The molecule has 0 atom stereocenters. The molecule has 0 unspecified atom stereocenters. The first-order chi connectivity index (χ1) is 19.2. The highest BCUT2D eigenvalue weighted by atomic mass is 32.2. The van der Waals surface area contributed by atoms with Crippen LogP contribution >= 0.6 is 0 Å². The van der Waals surface area contributed by atoms with Gasteiger partial charge < -0.3 is 15.5 Å². The van der Waals surface area contributed by atoms with Crippen molar-refractivity contribution in [3.63, 3.8) is 0 Å². The molecule has 1 saturated heterocycles. The Morgan fingerprint density at radius 1 is 1.07 bits per heavy atom. The van der Waals surface area contributed by atoms with Gasteiger partial charge in [0.15, 0.2) is 0 Å². The van der Waals surface area contributed by atoms with Gasteiger partial charge in [-0.15, -0.1) is 0 Å². The predicted molar refractivity (Wildman–Crippen MR) is 140 cm³/mol. The molecule has 0 bridgehead atoms. The molecule has 3 heterocycles. The van der Waals surface area contributed by atoms with Crippen LogP contribution in [-0.4, -0.2) is 42.6 Å². The number of aromatic nitrogens is 1. The van der Waals surface area contributed by atoms with Crippen molar-refractivity contribution >= 4 is 38.8 Å². The van der Waals surface area contributed by atoms with Gasteiger partial charge in [0.1, 0.15) is 17.2 Å². The molecule has 214 valence electrons. The Hall–Kier alpha value is -4.30. The first-order valence-corrected chi connectivity index (χ1v) is 13.4. The lowest BCUT2D eigenvalue weighted by Gasteiger charge is -2.37. The summed E-state index contributed by atoms with van der Waals surface area (Å²) in [5.74, 6) is -3.21. The van der Waals surface area contributed by atoms with E-state index >= 15 is 0 Å². The van der Waals surface area contributed by atoms with Gasteiger partial charge in [-0.1, -0.05) is 12.1 Å². The molecule has 1 amide bonds. The molecular weight excluding hydrogens is 571 g/mol. The van der Waals surface area contributed by atoms with Crippen LogP contribution < -0.4 is 11.1 Å². The lowest BCUT2D eigenvalue weighted by Crippen LogP contribution is -2.58. The van der Waals surface area contributed by atoms with E-state index in [1.807, 2.05) is 0 Å². The zero-order chi connectivity index (χ0) is 29.6. The molecule has 0 spiro atoms. The first-order valence-electron chi connectivity index (χ1n) is 12.0. The van der Waals surface area contributed by atoms with Gasteiger partial charge in [-0.3, -0.25) is 4.79 Å². The Labute approximate surface area is 230 Å². The van der Waals surface area contributed by atoms with Gasteiger partial charge in [-0.25, -0.2) is 22.2 Å². The van der Waals surface area contributed by atoms with Gasteiger partial charge in [-0.05, 0) is 65.2 Å². The number of amides is 1. The van der Waals surface area contributed by atoms with Gasteiger partial charge >= 0.3 is 6.18 Å². The summed E-state index contributed by atoms with van der Waals surface area (Å²) < 4.78 is 99.3. The van der Waals surface area contributed by atoms with Crippen molar-refractivity contribution in [2.24, 2.45) is 0 Å². The Bertz CT molecular complexity index is 1740. The van der Waals surface area contributed by atoms with Gasteiger partial charge in [0.25, 0.3) is 5.92 Å². The van der Waals surface area contributed by atoms with Gasteiger partial charge in [0, 0.05) is 17.7 Å². The number of nitrogens with one attached hydrogen (secondary N) is 1. The number of hydrogen-bond donors (Lipinski definition) is 2. The standard InChI is InChI=1S/C27H21F5N4O4S/c28-26(29)14-36(15-26)41(38,39)21-5-3-17(4-6-21)18-9-19-10-20(40-25(19)22(11-18)27(30,31)32)13-35-24(37)8-2-16-1-7-23(33)34-12-16/h1-12H,13-15H2,(H2,33,34)(H,35,37). The van der Waals surface area contributed by atoms with Crippen LogP contribution in [0.1, 0.15) is 16.9 Å². The summed E-state index contributed by atoms with van der Waals surface area (Å²) in [6, 6.07) is 11.8. The average Bonchev–Trinajstić information content (AvgIpc) is 3.32. The van der Waals surface area contributed by atoms with Crippen molar-refractivity contribution in [3.8, 4) is 11.1 Å². The fraction of sp³-hybridized carbons (Fsp3) is 0.185. The van der Waals surface area contributed by atoms with Gasteiger partial charge in [-0.2, -0.15) is 17.5 Å². The van der Waals surface area contributed by atoms with Crippen LogP contribution in [0.5, 0.6) is 0 Å². The minimum Gasteiger partial charge on any atom is -0.459 e. The van der Waals surface area contributed by atoms with E-state index in [1.165, 1.54) is 42.6 Å². The number of halogens is 5. The monoisotopic (exact) mass is 592 g/mol. The van der Waals surface area contributed by atoms with Crippen molar-refractivity contribution in [1.82, 2.24) is 14.6 Å². The molecule has 1 aliphatic rings. The number of hydrogen-bond acceptors (Lipinski definition) is 6. The number of nitrogens with two attached hydrogens (primary N) is 1. The van der Waals surface area contributed by atoms with E-state index in [1.54, 1.807) is 12.1 Å². The lowest BCUT2D eigenvalue weighted by molar-refractivity contribution is -0.136. The van der Waals surface area contributed by atoms with Crippen LogP contribution in [0.15, 0.2) is 76.2 Å². The molecule has 0 aliphatic carbocycles. The normalized spacial score (nSPS) is 15.7. The summed E-state index contributed by atoms with van der Waals surface area (Å²) in [6.07, 6.45) is -0.598. The fourth-order valence-electron chi connectivity index (χ4n) is 4.20. The molecule has 4 aromatic rings. The Morgan fingerprint density at radius 3 is 2.39 bits per heavy atom. The highest BCUT2D eigenvalue weighted by Crippen LogP contribution is 2.40. The summed E-state index contributed by atoms with van der Waals surface area (Å²) in [7, 11) is -4.16. The van der Waals surface area contributed by atoms with E-state index in [0.29, 0.717) is 15.7 Å². The second-order valence-corrected chi connectivity index (χ2v) is 11.3. The van der Waals surface area contributed by atoms with Gasteiger partial charge in [0.05, 0.1) is 30.1 Å². The molecule has 3 N–H and O–H groups in total. The lowest BCUT2D eigenvalue weighted by atomic mass is 10.0. The molecule has 5 rings (SSSR count). The largest absolute Gasteiger partial charge is 0.459 e. The molecule has 14 heteroatoms. The molecule has 1 fully saturated rings. The first kappa shape index (κ1) is 28.2. The number of rotatable bonds is 7. The van der Waals surface area contributed by atoms with Gasteiger partial charge in [0.2, 0.25) is 15.9 Å².